The summed E-state index contributed by atoms with van der Waals surface area (Å²) in [6.45, 7) is 4.19. The van der Waals surface area contributed by atoms with Crippen LogP contribution in [0.5, 0.6) is 0 Å². The highest BCUT2D eigenvalue weighted by atomic mass is 16.4. The third kappa shape index (κ3) is 1.26. The Balaban J connectivity index is 2.20. The van der Waals surface area contributed by atoms with E-state index in [-0.39, 0.29) is 6.04 Å². The second-order valence-electron chi connectivity index (χ2n) is 4.55. The van der Waals surface area contributed by atoms with Crippen LogP contribution in [0.2, 0.25) is 0 Å². The monoisotopic (exact) mass is 183 g/mol. The Morgan fingerprint density at radius 2 is 2.15 bits per heavy atom. The zero-order valence-electron chi connectivity index (χ0n) is 8.23. The van der Waals surface area contributed by atoms with E-state index in [1.54, 1.807) is 0 Å². The van der Waals surface area contributed by atoms with Gasteiger partial charge in [0.15, 0.2) is 0 Å². The molecular weight excluding hydrogens is 166 g/mol. The maximum Gasteiger partial charge on any atom is 0.321 e. The Labute approximate surface area is 78.7 Å². The molecule has 0 amide bonds. The van der Waals surface area contributed by atoms with E-state index in [1.165, 1.54) is 6.42 Å². The van der Waals surface area contributed by atoms with Crippen LogP contribution >= 0.6 is 0 Å². The zero-order valence-corrected chi connectivity index (χ0v) is 8.23. The molecule has 0 spiro atoms. The lowest BCUT2D eigenvalue weighted by Gasteiger charge is -2.35. The summed E-state index contributed by atoms with van der Waals surface area (Å²) >= 11 is 0. The van der Waals surface area contributed by atoms with E-state index in [1.807, 2.05) is 0 Å². The maximum atomic E-state index is 11.1. The van der Waals surface area contributed by atoms with E-state index in [4.69, 9.17) is 5.11 Å². The summed E-state index contributed by atoms with van der Waals surface area (Å²) in [7, 11) is 0. The molecule has 0 radical (unpaired) electrons. The largest absolute Gasteiger partial charge is 0.480 e. The molecule has 2 rings (SSSR count). The SMILES string of the molecule is CC(C)N1[C@@H]2CC[C@@H](C2)[C@H]1C(=O)O. The fourth-order valence-corrected chi connectivity index (χ4v) is 3.09. The van der Waals surface area contributed by atoms with Crippen molar-refractivity contribution in [1.82, 2.24) is 4.90 Å². The molecule has 3 nitrogen and oxygen atoms in total. The quantitative estimate of drug-likeness (QED) is 0.702. The molecule has 0 aromatic heterocycles. The second kappa shape index (κ2) is 2.98. The average Bonchev–Trinajstić information content (AvgIpc) is 2.60. The normalized spacial score (nSPS) is 38.8. The molecule has 13 heavy (non-hydrogen) atoms. The van der Waals surface area contributed by atoms with Gasteiger partial charge in [-0.1, -0.05) is 0 Å². The molecule has 0 aromatic carbocycles. The minimum Gasteiger partial charge on any atom is -0.480 e. The topological polar surface area (TPSA) is 40.5 Å². The van der Waals surface area contributed by atoms with Crippen molar-refractivity contribution in [2.24, 2.45) is 5.92 Å². The summed E-state index contributed by atoms with van der Waals surface area (Å²) in [5.41, 5.74) is 0. The van der Waals surface area contributed by atoms with E-state index in [9.17, 15) is 4.79 Å². The first-order chi connectivity index (χ1) is 6.11. The fourth-order valence-electron chi connectivity index (χ4n) is 3.09. The van der Waals surface area contributed by atoms with Crippen molar-refractivity contribution < 1.29 is 9.90 Å². The van der Waals surface area contributed by atoms with Crippen LogP contribution in [0, 0.1) is 5.92 Å². The smallest absolute Gasteiger partial charge is 0.321 e. The van der Waals surface area contributed by atoms with Gasteiger partial charge < -0.3 is 5.11 Å². The number of hydrogen-bond donors (Lipinski definition) is 1. The molecule has 1 heterocycles. The molecule has 1 saturated carbocycles. The molecule has 0 unspecified atom stereocenters. The summed E-state index contributed by atoms with van der Waals surface area (Å²) in [6.07, 6.45) is 3.42. The Hall–Kier alpha value is -0.570. The number of carbonyl (C=O) groups is 1. The Kier molecular flexibility index (Phi) is 2.06. The minimum absolute atomic E-state index is 0.196. The van der Waals surface area contributed by atoms with Crippen LogP contribution in [0.25, 0.3) is 0 Å². The molecule has 1 N–H and O–H groups in total. The highest BCUT2D eigenvalue weighted by Crippen LogP contribution is 2.43. The second-order valence-corrected chi connectivity index (χ2v) is 4.55. The molecule has 1 aliphatic heterocycles. The van der Waals surface area contributed by atoms with Gasteiger partial charge >= 0.3 is 5.97 Å². The third-order valence-corrected chi connectivity index (χ3v) is 3.48. The number of rotatable bonds is 2. The van der Waals surface area contributed by atoms with Crippen molar-refractivity contribution in [1.29, 1.82) is 0 Å². The van der Waals surface area contributed by atoms with Crippen LogP contribution in [-0.2, 0) is 4.79 Å². The summed E-state index contributed by atoms with van der Waals surface area (Å²) in [5, 5.41) is 9.11. The lowest BCUT2D eigenvalue weighted by Crippen LogP contribution is -2.49. The number of nitrogens with zero attached hydrogens (tertiary/aromatic N) is 1. The molecule has 2 fully saturated rings. The predicted octanol–water partition coefficient (Wildman–Crippen LogP) is 1.33. The first kappa shape index (κ1) is 9.00. The average molecular weight is 183 g/mol. The number of carboxylic acid groups (broad SMARTS) is 1. The lowest BCUT2D eigenvalue weighted by molar-refractivity contribution is -0.145. The van der Waals surface area contributed by atoms with E-state index >= 15 is 0 Å². The van der Waals surface area contributed by atoms with Crippen molar-refractivity contribution >= 4 is 5.97 Å². The minimum atomic E-state index is -0.624. The summed E-state index contributed by atoms with van der Waals surface area (Å²) in [5.74, 6) is -0.203. The Bertz CT molecular complexity index is 227. The molecule has 2 aliphatic rings. The van der Waals surface area contributed by atoms with E-state index in [0.717, 1.165) is 12.8 Å². The molecule has 1 aliphatic carbocycles. The van der Waals surface area contributed by atoms with Gasteiger partial charge in [-0.15, -0.1) is 0 Å². The van der Waals surface area contributed by atoms with Crippen molar-refractivity contribution in [3.8, 4) is 0 Å². The van der Waals surface area contributed by atoms with E-state index in [2.05, 4.69) is 18.7 Å². The molecule has 2 bridgehead atoms. The van der Waals surface area contributed by atoms with Gasteiger partial charge in [0.1, 0.15) is 6.04 Å². The van der Waals surface area contributed by atoms with Gasteiger partial charge in [-0.2, -0.15) is 0 Å². The summed E-state index contributed by atoms with van der Waals surface area (Å²) in [4.78, 5) is 13.3. The number of fused-ring (bicyclic) bond motifs is 2. The fraction of sp³-hybridized carbons (Fsp3) is 0.900. The number of piperidine rings is 1. The van der Waals surface area contributed by atoms with Gasteiger partial charge in [0.25, 0.3) is 0 Å². The highest BCUT2D eigenvalue weighted by molar-refractivity contribution is 5.74. The third-order valence-electron chi connectivity index (χ3n) is 3.48. The van der Waals surface area contributed by atoms with Crippen molar-refractivity contribution in [3.63, 3.8) is 0 Å². The van der Waals surface area contributed by atoms with Gasteiger partial charge in [-0.3, -0.25) is 9.69 Å². The molecule has 0 aromatic rings. The van der Waals surface area contributed by atoms with Crippen molar-refractivity contribution in [2.45, 2.75) is 51.2 Å². The van der Waals surface area contributed by atoms with Crippen LogP contribution in [-0.4, -0.2) is 34.1 Å². The maximum absolute atomic E-state index is 11.1. The van der Waals surface area contributed by atoms with Crippen LogP contribution in [0.3, 0.4) is 0 Å². The van der Waals surface area contributed by atoms with Crippen LogP contribution in [0.4, 0.5) is 0 Å². The lowest BCUT2D eigenvalue weighted by atomic mass is 9.98. The van der Waals surface area contributed by atoms with Crippen LogP contribution in [0.1, 0.15) is 33.1 Å². The number of hydrogen-bond acceptors (Lipinski definition) is 2. The molecule has 1 saturated heterocycles. The molecule has 3 atom stereocenters. The molecule has 3 heteroatoms. The number of aliphatic carboxylic acids is 1. The number of likely N-dealkylation sites (tertiary alicyclic amines) is 1. The molecular formula is C10H17NO2. The standard InChI is InChI=1S/C10H17NO2/c1-6(2)11-8-4-3-7(5-8)9(11)10(12)13/h6-9H,3-5H2,1-2H3,(H,12,13)/t7-,8+,9-/m0/s1. The van der Waals surface area contributed by atoms with Gasteiger partial charge in [0.05, 0.1) is 0 Å². The van der Waals surface area contributed by atoms with E-state index < -0.39 is 5.97 Å². The van der Waals surface area contributed by atoms with Crippen molar-refractivity contribution in [3.05, 3.63) is 0 Å². The van der Waals surface area contributed by atoms with Crippen LogP contribution in [0.15, 0.2) is 0 Å². The Morgan fingerprint density at radius 1 is 1.46 bits per heavy atom. The van der Waals surface area contributed by atoms with Crippen LogP contribution < -0.4 is 0 Å². The predicted molar refractivity (Wildman–Crippen MR) is 49.5 cm³/mol. The van der Waals surface area contributed by atoms with Gasteiger partial charge in [0, 0.05) is 12.1 Å². The van der Waals surface area contributed by atoms with Gasteiger partial charge in [-0.05, 0) is 39.0 Å². The first-order valence-corrected chi connectivity index (χ1v) is 5.11. The highest BCUT2D eigenvalue weighted by Gasteiger charge is 2.49. The summed E-state index contributed by atoms with van der Waals surface area (Å²) in [6, 6.07) is 0.723. The molecule has 74 valence electrons. The summed E-state index contributed by atoms with van der Waals surface area (Å²) < 4.78 is 0. The van der Waals surface area contributed by atoms with E-state index in [0.29, 0.717) is 18.0 Å². The zero-order chi connectivity index (χ0) is 9.59. The Morgan fingerprint density at radius 3 is 2.62 bits per heavy atom. The number of carboxylic acids is 1. The van der Waals surface area contributed by atoms with Crippen molar-refractivity contribution in [2.75, 3.05) is 0 Å². The van der Waals surface area contributed by atoms with Gasteiger partial charge in [-0.25, -0.2) is 0 Å². The first-order valence-electron chi connectivity index (χ1n) is 5.11. The van der Waals surface area contributed by atoms with Gasteiger partial charge in [0.2, 0.25) is 0 Å².